The molecular weight excluding hydrogens is 412 g/mol. The smallest absolute Gasteiger partial charge is 0.340 e. The van der Waals surface area contributed by atoms with Gasteiger partial charge in [-0.3, -0.25) is 4.98 Å². The molecule has 0 atom stereocenters. The van der Waals surface area contributed by atoms with Crippen LogP contribution in [0.1, 0.15) is 39.0 Å². The summed E-state index contributed by atoms with van der Waals surface area (Å²) in [7, 11) is 1.24. The fourth-order valence-electron chi connectivity index (χ4n) is 2.90. The van der Waals surface area contributed by atoms with Crippen molar-refractivity contribution < 1.29 is 23.8 Å². The molecule has 0 aliphatic rings. The number of carbonyl (C=O) groups excluding carboxylic acids is 2. The van der Waals surface area contributed by atoms with E-state index < -0.39 is 11.9 Å². The predicted octanol–water partition coefficient (Wildman–Crippen LogP) is 4.50. The highest BCUT2D eigenvalue weighted by Gasteiger charge is 2.29. The first-order valence-electron chi connectivity index (χ1n) is 9.08. The average Bonchev–Trinajstić information content (AvgIpc) is 2.73. The van der Waals surface area contributed by atoms with Gasteiger partial charge in [0.1, 0.15) is 0 Å². The number of hydrogen-bond donors (Lipinski definition) is 0. The third kappa shape index (κ3) is 5.27. The number of azide groups is 1. The highest BCUT2D eigenvalue weighted by atomic mass is 35.5. The van der Waals surface area contributed by atoms with Gasteiger partial charge in [-0.25, -0.2) is 9.59 Å². The lowest BCUT2D eigenvalue weighted by molar-refractivity contribution is 0.0518. The number of esters is 2. The van der Waals surface area contributed by atoms with Crippen LogP contribution >= 0.6 is 11.6 Å². The molecule has 158 valence electrons. The number of halogens is 1. The fourth-order valence-corrected chi connectivity index (χ4v) is 3.13. The lowest BCUT2D eigenvalue weighted by Crippen LogP contribution is -2.19. The maximum atomic E-state index is 12.9. The third-order valence-electron chi connectivity index (χ3n) is 4.10. The van der Waals surface area contributed by atoms with Crippen LogP contribution in [0.5, 0.6) is 0 Å². The van der Waals surface area contributed by atoms with E-state index in [0.717, 1.165) is 0 Å². The SMILES string of the molecule is CCOC(=O)c1c(COCCN=[N+]=[N-])nc(C)c(C(=O)OC)c1-c1ccccc1Cl. The molecule has 0 aliphatic carbocycles. The molecule has 0 saturated carbocycles. The van der Waals surface area contributed by atoms with Gasteiger partial charge in [-0.05, 0) is 25.4 Å². The van der Waals surface area contributed by atoms with Crippen LogP contribution in [0.2, 0.25) is 5.02 Å². The van der Waals surface area contributed by atoms with Crippen LogP contribution in [-0.4, -0.2) is 43.8 Å². The van der Waals surface area contributed by atoms with Gasteiger partial charge in [0.25, 0.3) is 0 Å². The molecule has 0 spiro atoms. The van der Waals surface area contributed by atoms with Gasteiger partial charge < -0.3 is 14.2 Å². The Kier molecular flexibility index (Phi) is 8.61. The molecule has 1 aromatic carbocycles. The standard InChI is InChI=1S/C20H21ClN4O5/c1-4-30-20(27)18-15(11-29-10-9-23-25-22)24-12(2)16(19(26)28-3)17(18)13-7-5-6-8-14(13)21/h5-8H,4,9-11H2,1-3H3. The largest absolute Gasteiger partial charge is 0.465 e. The van der Waals surface area contributed by atoms with Crippen molar-refractivity contribution in [2.75, 3.05) is 26.9 Å². The number of nitrogens with zero attached hydrogens (tertiary/aromatic N) is 4. The van der Waals surface area contributed by atoms with Crippen LogP contribution in [0.15, 0.2) is 29.4 Å². The van der Waals surface area contributed by atoms with Crippen LogP contribution < -0.4 is 0 Å². The Balaban J connectivity index is 2.74. The van der Waals surface area contributed by atoms with Crippen LogP contribution in [-0.2, 0) is 20.8 Å². The van der Waals surface area contributed by atoms with Crippen LogP contribution in [0.25, 0.3) is 21.6 Å². The topological polar surface area (TPSA) is 123 Å². The van der Waals surface area contributed by atoms with Gasteiger partial charge in [0, 0.05) is 27.6 Å². The second kappa shape index (κ2) is 11.2. The first-order valence-corrected chi connectivity index (χ1v) is 9.46. The number of carbonyl (C=O) groups is 2. The summed E-state index contributed by atoms with van der Waals surface area (Å²) in [6.07, 6.45) is 0. The van der Waals surface area contributed by atoms with Crippen LogP contribution in [0.4, 0.5) is 0 Å². The maximum absolute atomic E-state index is 12.9. The number of pyridine rings is 1. The second-order valence-corrected chi connectivity index (χ2v) is 6.38. The lowest BCUT2D eigenvalue weighted by atomic mass is 9.92. The molecule has 0 saturated heterocycles. The van der Waals surface area contributed by atoms with Gasteiger partial charge in [-0.15, -0.1) is 0 Å². The van der Waals surface area contributed by atoms with E-state index in [1.807, 2.05) is 0 Å². The molecule has 9 nitrogen and oxygen atoms in total. The molecule has 2 aromatic rings. The Labute approximate surface area is 178 Å². The van der Waals surface area contributed by atoms with Crippen molar-refractivity contribution in [2.45, 2.75) is 20.5 Å². The second-order valence-electron chi connectivity index (χ2n) is 5.97. The Morgan fingerprint density at radius 2 is 1.97 bits per heavy atom. The van der Waals surface area contributed by atoms with Crippen LogP contribution in [0.3, 0.4) is 0 Å². The zero-order valence-corrected chi connectivity index (χ0v) is 17.6. The van der Waals surface area contributed by atoms with Gasteiger partial charge in [0.05, 0.1) is 49.4 Å². The van der Waals surface area contributed by atoms with Crippen molar-refractivity contribution in [2.24, 2.45) is 5.11 Å². The minimum atomic E-state index is -0.668. The summed E-state index contributed by atoms with van der Waals surface area (Å²) in [5, 5.41) is 3.74. The maximum Gasteiger partial charge on any atom is 0.340 e. The number of rotatable bonds is 9. The highest BCUT2D eigenvalue weighted by Crippen LogP contribution is 2.36. The van der Waals surface area contributed by atoms with E-state index in [9.17, 15) is 9.59 Å². The van der Waals surface area contributed by atoms with E-state index >= 15 is 0 Å². The zero-order chi connectivity index (χ0) is 22.1. The van der Waals surface area contributed by atoms with Gasteiger partial charge >= 0.3 is 11.9 Å². The van der Waals surface area contributed by atoms with E-state index in [1.165, 1.54) is 7.11 Å². The molecule has 0 fully saturated rings. The van der Waals surface area contributed by atoms with E-state index in [-0.39, 0.29) is 48.7 Å². The molecule has 0 radical (unpaired) electrons. The van der Waals surface area contributed by atoms with Crippen molar-refractivity contribution in [3.63, 3.8) is 0 Å². The van der Waals surface area contributed by atoms with Gasteiger partial charge in [0.15, 0.2) is 0 Å². The molecular formula is C20H21ClN4O5. The Morgan fingerprint density at radius 1 is 1.23 bits per heavy atom. The molecule has 0 N–H and O–H groups in total. The number of aromatic nitrogens is 1. The quantitative estimate of drug-likeness (QED) is 0.189. The summed E-state index contributed by atoms with van der Waals surface area (Å²) in [5.41, 5.74) is 9.90. The molecule has 30 heavy (non-hydrogen) atoms. The van der Waals surface area contributed by atoms with E-state index in [2.05, 4.69) is 15.0 Å². The summed E-state index contributed by atoms with van der Waals surface area (Å²) in [4.78, 5) is 32.5. The molecule has 0 amide bonds. The molecule has 1 aromatic heterocycles. The fraction of sp³-hybridized carbons (Fsp3) is 0.350. The molecule has 10 heteroatoms. The summed E-state index contributed by atoms with van der Waals surface area (Å²) in [6.45, 7) is 3.63. The van der Waals surface area contributed by atoms with Gasteiger partial charge in [-0.2, -0.15) is 0 Å². The van der Waals surface area contributed by atoms with E-state index in [4.69, 9.17) is 31.3 Å². The first-order chi connectivity index (χ1) is 14.5. The van der Waals surface area contributed by atoms with Crippen molar-refractivity contribution in [3.05, 3.63) is 62.2 Å². The Hall–Kier alpha value is -3.13. The van der Waals surface area contributed by atoms with Crippen molar-refractivity contribution in [1.29, 1.82) is 0 Å². The molecule has 1 heterocycles. The van der Waals surface area contributed by atoms with Crippen molar-refractivity contribution in [1.82, 2.24) is 4.98 Å². The molecule has 0 unspecified atom stereocenters. The van der Waals surface area contributed by atoms with Gasteiger partial charge in [0.2, 0.25) is 0 Å². The zero-order valence-electron chi connectivity index (χ0n) is 16.8. The first kappa shape index (κ1) is 23.2. The Morgan fingerprint density at radius 3 is 2.60 bits per heavy atom. The number of aryl methyl sites for hydroxylation is 1. The molecule has 0 aliphatic heterocycles. The summed E-state index contributed by atoms with van der Waals surface area (Å²) >= 11 is 6.40. The molecule has 0 bridgehead atoms. The van der Waals surface area contributed by atoms with Crippen LogP contribution in [0, 0.1) is 6.92 Å². The minimum Gasteiger partial charge on any atom is -0.465 e. The van der Waals surface area contributed by atoms with Crippen molar-refractivity contribution in [3.8, 4) is 11.1 Å². The number of methoxy groups -OCH3 is 1. The van der Waals surface area contributed by atoms with E-state index in [1.54, 1.807) is 38.1 Å². The predicted molar refractivity (Wildman–Crippen MR) is 110 cm³/mol. The third-order valence-corrected chi connectivity index (χ3v) is 4.43. The van der Waals surface area contributed by atoms with Gasteiger partial charge in [-0.1, -0.05) is 34.9 Å². The summed E-state index contributed by atoms with van der Waals surface area (Å²) in [6, 6.07) is 6.82. The summed E-state index contributed by atoms with van der Waals surface area (Å²) in [5.74, 6) is -1.32. The Bertz CT molecular complexity index is 989. The van der Waals surface area contributed by atoms with Crippen molar-refractivity contribution >= 4 is 23.5 Å². The number of benzene rings is 1. The lowest BCUT2D eigenvalue weighted by Gasteiger charge is -2.19. The summed E-state index contributed by atoms with van der Waals surface area (Å²) < 4.78 is 15.7. The highest BCUT2D eigenvalue weighted by molar-refractivity contribution is 6.34. The monoisotopic (exact) mass is 432 g/mol. The van der Waals surface area contributed by atoms with E-state index in [0.29, 0.717) is 16.3 Å². The number of hydrogen-bond acceptors (Lipinski definition) is 7. The normalized spacial score (nSPS) is 10.3. The molecule has 2 rings (SSSR count). The average molecular weight is 433 g/mol. The minimum absolute atomic E-state index is 0.0607. The number of ether oxygens (including phenoxy) is 3.